The number of anilines is 1. The van der Waals surface area contributed by atoms with E-state index in [1.54, 1.807) is 13.8 Å². The molecule has 0 aliphatic carbocycles. The van der Waals surface area contributed by atoms with E-state index in [1.165, 1.54) is 7.11 Å². The lowest BCUT2D eigenvalue weighted by molar-refractivity contribution is 0.102. The van der Waals surface area contributed by atoms with E-state index in [1.807, 2.05) is 18.2 Å². The van der Waals surface area contributed by atoms with E-state index in [0.29, 0.717) is 27.7 Å². The predicted molar refractivity (Wildman–Crippen MR) is 98.4 cm³/mol. The number of hydrogen-bond donors (Lipinski definition) is 1. The Bertz CT molecular complexity index is 750. The van der Waals surface area contributed by atoms with Gasteiger partial charge in [0.15, 0.2) is 5.75 Å². The van der Waals surface area contributed by atoms with Crippen molar-refractivity contribution in [3.8, 4) is 5.75 Å². The quantitative estimate of drug-likeness (QED) is 0.850. The zero-order valence-corrected chi connectivity index (χ0v) is 15.5. The van der Waals surface area contributed by atoms with Crippen LogP contribution in [0.4, 0.5) is 5.69 Å². The number of carbonyl (C=O) groups is 1. The molecule has 2 rings (SSSR count). The lowest BCUT2D eigenvalue weighted by Gasteiger charge is -2.17. The molecule has 0 saturated carbocycles. The number of aryl methyl sites for hydroxylation is 4. The molecule has 1 aromatic carbocycles. The van der Waals surface area contributed by atoms with Crippen LogP contribution in [0.1, 0.15) is 46.7 Å². The Morgan fingerprint density at radius 1 is 1.17 bits per heavy atom. The topological polar surface area (TPSA) is 51.2 Å². The van der Waals surface area contributed by atoms with Crippen LogP contribution in [0.15, 0.2) is 18.2 Å². The average molecular weight is 347 g/mol. The van der Waals surface area contributed by atoms with Gasteiger partial charge in [-0.1, -0.05) is 43.6 Å². The Balaban J connectivity index is 2.49. The number of rotatable bonds is 5. The number of carbonyl (C=O) groups excluding carboxylic acids is 1. The van der Waals surface area contributed by atoms with Gasteiger partial charge in [-0.05, 0) is 37.8 Å². The molecule has 1 heterocycles. The zero-order valence-electron chi connectivity index (χ0n) is 14.8. The van der Waals surface area contributed by atoms with Gasteiger partial charge >= 0.3 is 0 Å². The minimum absolute atomic E-state index is 0.265. The number of amides is 1. The summed E-state index contributed by atoms with van der Waals surface area (Å²) < 4.78 is 5.29. The molecule has 0 aliphatic rings. The summed E-state index contributed by atoms with van der Waals surface area (Å²) in [6.45, 7) is 7.72. The maximum atomic E-state index is 12.9. The summed E-state index contributed by atoms with van der Waals surface area (Å²) in [5.74, 6) is 0.172. The number of pyridine rings is 1. The lowest BCUT2D eigenvalue weighted by atomic mass is 10.0. The second-order valence-corrected chi connectivity index (χ2v) is 6.00. The van der Waals surface area contributed by atoms with Crippen molar-refractivity contribution < 1.29 is 9.53 Å². The van der Waals surface area contributed by atoms with Gasteiger partial charge in [-0.3, -0.25) is 9.78 Å². The van der Waals surface area contributed by atoms with Gasteiger partial charge in [-0.15, -0.1) is 0 Å². The van der Waals surface area contributed by atoms with Gasteiger partial charge in [0.05, 0.1) is 29.1 Å². The third kappa shape index (κ3) is 3.39. The number of aromatic nitrogens is 1. The molecule has 0 spiro atoms. The van der Waals surface area contributed by atoms with E-state index in [-0.39, 0.29) is 5.91 Å². The molecular formula is C19H23ClN2O2. The van der Waals surface area contributed by atoms with Gasteiger partial charge in [0.25, 0.3) is 5.91 Å². The minimum Gasteiger partial charge on any atom is -0.493 e. The number of benzene rings is 1. The SMILES string of the molecule is CCc1cccc(CC)c1NC(=O)c1c(C)nc(C)c(OC)c1Cl. The van der Waals surface area contributed by atoms with E-state index in [9.17, 15) is 4.79 Å². The van der Waals surface area contributed by atoms with Crippen LogP contribution in [0, 0.1) is 13.8 Å². The van der Waals surface area contributed by atoms with Gasteiger partial charge in [-0.2, -0.15) is 0 Å². The maximum Gasteiger partial charge on any atom is 0.259 e. The summed E-state index contributed by atoms with van der Waals surface area (Å²) in [4.78, 5) is 17.3. The fourth-order valence-corrected chi connectivity index (χ4v) is 3.31. The van der Waals surface area contributed by atoms with Crippen molar-refractivity contribution in [2.24, 2.45) is 0 Å². The van der Waals surface area contributed by atoms with Crippen LogP contribution < -0.4 is 10.1 Å². The normalized spacial score (nSPS) is 10.6. The third-order valence-electron chi connectivity index (χ3n) is 4.11. The average Bonchev–Trinajstić information content (AvgIpc) is 2.54. The van der Waals surface area contributed by atoms with Crippen LogP contribution in [0.25, 0.3) is 0 Å². The number of nitrogens with zero attached hydrogens (tertiary/aromatic N) is 1. The molecule has 0 aliphatic heterocycles. The maximum absolute atomic E-state index is 12.9. The first-order valence-corrected chi connectivity index (χ1v) is 8.45. The zero-order chi connectivity index (χ0) is 17.9. The highest BCUT2D eigenvalue weighted by atomic mass is 35.5. The lowest BCUT2D eigenvalue weighted by Crippen LogP contribution is -2.18. The molecule has 5 heteroatoms. The van der Waals surface area contributed by atoms with Crippen molar-refractivity contribution in [3.05, 3.63) is 51.3 Å². The number of ether oxygens (including phenoxy) is 1. The van der Waals surface area contributed by atoms with Gasteiger partial charge < -0.3 is 10.1 Å². The molecule has 0 radical (unpaired) electrons. The van der Waals surface area contributed by atoms with Gasteiger partial charge in [0, 0.05) is 5.69 Å². The van der Waals surface area contributed by atoms with E-state index < -0.39 is 0 Å². The van der Waals surface area contributed by atoms with E-state index in [0.717, 1.165) is 29.7 Å². The monoisotopic (exact) mass is 346 g/mol. The van der Waals surface area contributed by atoms with E-state index in [2.05, 4.69) is 24.1 Å². The molecule has 1 N–H and O–H groups in total. The summed E-state index contributed by atoms with van der Waals surface area (Å²) in [5, 5.41) is 3.33. The standard InChI is InChI=1S/C19H23ClN2O2/c1-6-13-9-8-10-14(7-2)17(13)22-19(23)15-11(3)21-12(4)18(24-5)16(15)20/h8-10H,6-7H2,1-5H3,(H,22,23). The van der Waals surface area contributed by atoms with Crippen LogP contribution in [0.3, 0.4) is 0 Å². The largest absolute Gasteiger partial charge is 0.493 e. The van der Waals surface area contributed by atoms with Crippen LogP contribution in [-0.2, 0) is 12.8 Å². The summed E-state index contributed by atoms with van der Waals surface area (Å²) in [6.07, 6.45) is 1.68. The summed E-state index contributed by atoms with van der Waals surface area (Å²) in [7, 11) is 1.52. The molecular weight excluding hydrogens is 324 g/mol. The van der Waals surface area contributed by atoms with Gasteiger partial charge in [-0.25, -0.2) is 0 Å². The van der Waals surface area contributed by atoms with E-state index >= 15 is 0 Å². The summed E-state index contributed by atoms with van der Waals surface area (Å²) >= 11 is 6.40. The number of methoxy groups -OCH3 is 1. The van der Waals surface area contributed by atoms with Crippen molar-refractivity contribution in [1.82, 2.24) is 4.98 Å². The summed E-state index contributed by atoms with van der Waals surface area (Å²) in [6, 6.07) is 6.07. The first-order chi connectivity index (χ1) is 11.4. The fourth-order valence-electron chi connectivity index (χ4n) is 2.87. The highest BCUT2D eigenvalue weighted by Crippen LogP contribution is 2.33. The molecule has 0 fully saturated rings. The van der Waals surface area contributed by atoms with E-state index in [4.69, 9.17) is 16.3 Å². The van der Waals surface area contributed by atoms with Crippen LogP contribution in [0.2, 0.25) is 5.02 Å². The Hall–Kier alpha value is -2.07. The molecule has 0 atom stereocenters. The Morgan fingerprint density at radius 3 is 2.25 bits per heavy atom. The first-order valence-electron chi connectivity index (χ1n) is 8.07. The van der Waals surface area contributed by atoms with Crippen LogP contribution in [0.5, 0.6) is 5.75 Å². The highest BCUT2D eigenvalue weighted by Gasteiger charge is 2.22. The van der Waals surface area contributed by atoms with Crippen molar-refractivity contribution in [1.29, 1.82) is 0 Å². The summed E-state index contributed by atoms with van der Waals surface area (Å²) in [5.41, 5.74) is 4.67. The third-order valence-corrected chi connectivity index (χ3v) is 4.47. The van der Waals surface area contributed by atoms with Gasteiger partial charge in [0.1, 0.15) is 0 Å². The molecule has 1 aromatic heterocycles. The molecule has 24 heavy (non-hydrogen) atoms. The number of para-hydroxylation sites is 1. The Kier molecular flexibility index (Phi) is 5.84. The molecule has 1 amide bonds. The highest BCUT2D eigenvalue weighted by molar-refractivity contribution is 6.36. The minimum atomic E-state index is -0.265. The molecule has 4 nitrogen and oxygen atoms in total. The molecule has 0 unspecified atom stereocenters. The number of hydrogen-bond acceptors (Lipinski definition) is 3. The predicted octanol–water partition coefficient (Wildman–Crippen LogP) is 4.74. The van der Waals surface area contributed by atoms with Crippen molar-refractivity contribution in [3.63, 3.8) is 0 Å². The van der Waals surface area contributed by atoms with Crippen molar-refractivity contribution in [2.45, 2.75) is 40.5 Å². The molecule has 0 saturated heterocycles. The van der Waals surface area contributed by atoms with Gasteiger partial charge in [0.2, 0.25) is 0 Å². The molecule has 0 bridgehead atoms. The van der Waals surface area contributed by atoms with Crippen LogP contribution in [-0.4, -0.2) is 18.0 Å². The van der Waals surface area contributed by atoms with Crippen LogP contribution >= 0.6 is 11.6 Å². The Morgan fingerprint density at radius 2 is 1.75 bits per heavy atom. The van der Waals surface area contributed by atoms with Crippen molar-refractivity contribution in [2.75, 3.05) is 12.4 Å². The van der Waals surface area contributed by atoms with Crippen molar-refractivity contribution >= 4 is 23.2 Å². The molecule has 128 valence electrons. The first kappa shape index (κ1) is 18.3. The smallest absolute Gasteiger partial charge is 0.259 e. The number of nitrogens with one attached hydrogen (secondary N) is 1. The second-order valence-electron chi connectivity index (χ2n) is 5.62. The fraction of sp³-hybridized carbons (Fsp3) is 0.368. The Labute approximate surface area is 148 Å². The number of halogens is 1. The second kappa shape index (κ2) is 7.67. The molecule has 2 aromatic rings.